The number of aliphatic hydroxyl groups is 1. The first-order valence-corrected chi connectivity index (χ1v) is 6.44. The van der Waals surface area contributed by atoms with Crippen molar-refractivity contribution in [1.29, 1.82) is 0 Å². The molecule has 0 bridgehead atoms. The smallest absolute Gasteiger partial charge is 0.0565 e. The van der Waals surface area contributed by atoms with Gasteiger partial charge >= 0.3 is 0 Å². The van der Waals surface area contributed by atoms with Crippen LogP contribution in [0.5, 0.6) is 0 Å². The largest absolute Gasteiger partial charge is 0.393 e. The fourth-order valence-corrected chi connectivity index (χ4v) is 3.60. The Hall–Kier alpha value is -0.0400. The molecule has 0 radical (unpaired) electrons. The van der Waals surface area contributed by atoms with E-state index in [0.717, 1.165) is 11.8 Å². The van der Waals surface area contributed by atoms with E-state index >= 15 is 0 Å². The van der Waals surface area contributed by atoms with E-state index in [2.05, 4.69) is 6.92 Å². The van der Waals surface area contributed by atoms with Crippen LogP contribution in [0.2, 0.25) is 0 Å². The Morgan fingerprint density at radius 3 is 2.21 bits per heavy atom. The van der Waals surface area contributed by atoms with E-state index in [1.165, 1.54) is 51.4 Å². The SMILES string of the molecule is CCC(O)C1CCC2(CCCC2)CC1. The minimum Gasteiger partial charge on any atom is -0.393 e. The maximum atomic E-state index is 9.81. The molecule has 0 saturated heterocycles. The first-order valence-electron chi connectivity index (χ1n) is 6.44. The molecule has 1 unspecified atom stereocenters. The highest BCUT2D eigenvalue weighted by molar-refractivity contribution is 4.90. The van der Waals surface area contributed by atoms with Gasteiger partial charge in [-0.25, -0.2) is 0 Å². The summed E-state index contributed by atoms with van der Waals surface area (Å²) in [5.74, 6) is 0.617. The zero-order chi connectivity index (χ0) is 10.0. The zero-order valence-electron chi connectivity index (χ0n) is 9.47. The lowest BCUT2D eigenvalue weighted by Crippen LogP contribution is -2.30. The molecule has 2 aliphatic rings. The van der Waals surface area contributed by atoms with E-state index in [0.29, 0.717) is 5.92 Å². The molecule has 1 heteroatoms. The Bertz CT molecular complexity index is 172. The number of hydrogen-bond acceptors (Lipinski definition) is 1. The van der Waals surface area contributed by atoms with Crippen LogP contribution in [0.25, 0.3) is 0 Å². The molecule has 82 valence electrons. The lowest BCUT2D eigenvalue weighted by atomic mass is 9.68. The van der Waals surface area contributed by atoms with Gasteiger partial charge in [0, 0.05) is 0 Å². The molecular formula is C13H24O. The summed E-state index contributed by atoms with van der Waals surface area (Å²) >= 11 is 0. The average molecular weight is 196 g/mol. The van der Waals surface area contributed by atoms with Gasteiger partial charge in [0.05, 0.1) is 6.10 Å². The van der Waals surface area contributed by atoms with Crippen LogP contribution in [0.1, 0.15) is 64.7 Å². The second-order valence-electron chi connectivity index (χ2n) is 5.52. The highest BCUT2D eigenvalue weighted by atomic mass is 16.3. The Labute approximate surface area is 87.9 Å². The molecule has 2 rings (SSSR count). The molecule has 14 heavy (non-hydrogen) atoms. The second kappa shape index (κ2) is 4.22. The Kier molecular flexibility index (Phi) is 3.16. The van der Waals surface area contributed by atoms with Crippen molar-refractivity contribution in [3.63, 3.8) is 0 Å². The summed E-state index contributed by atoms with van der Waals surface area (Å²) in [5, 5.41) is 9.81. The fourth-order valence-electron chi connectivity index (χ4n) is 3.60. The average Bonchev–Trinajstić information content (AvgIpc) is 2.67. The number of hydrogen-bond donors (Lipinski definition) is 1. The molecule has 0 heterocycles. The first-order chi connectivity index (χ1) is 6.76. The van der Waals surface area contributed by atoms with E-state index in [1.807, 2.05) is 0 Å². The molecule has 1 nitrogen and oxygen atoms in total. The monoisotopic (exact) mass is 196 g/mol. The Morgan fingerprint density at radius 2 is 1.71 bits per heavy atom. The molecule has 1 atom stereocenters. The van der Waals surface area contributed by atoms with Crippen LogP contribution in [-0.2, 0) is 0 Å². The van der Waals surface area contributed by atoms with Gasteiger partial charge in [0.25, 0.3) is 0 Å². The highest BCUT2D eigenvalue weighted by Crippen LogP contribution is 2.50. The van der Waals surface area contributed by atoms with Gasteiger partial charge in [-0.15, -0.1) is 0 Å². The molecule has 2 aliphatic carbocycles. The minimum atomic E-state index is -0.0197. The molecule has 0 aromatic rings. The molecule has 1 spiro atoms. The van der Waals surface area contributed by atoms with Crippen molar-refractivity contribution in [2.45, 2.75) is 70.8 Å². The Balaban J connectivity index is 1.85. The van der Waals surface area contributed by atoms with Crippen molar-refractivity contribution in [2.24, 2.45) is 11.3 Å². The van der Waals surface area contributed by atoms with Gasteiger partial charge in [-0.05, 0) is 56.3 Å². The molecule has 0 aromatic heterocycles. The van der Waals surface area contributed by atoms with Crippen molar-refractivity contribution >= 4 is 0 Å². The molecule has 0 aromatic carbocycles. The molecule has 2 fully saturated rings. The van der Waals surface area contributed by atoms with E-state index < -0.39 is 0 Å². The van der Waals surface area contributed by atoms with Crippen molar-refractivity contribution in [2.75, 3.05) is 0 Å². The molecule has 0 aliphatic heterocycles. The number of aliphatic hydroxyl groups excluding tert-OH is 1. The van der Waals surface area contributed by atoms with Crippen LogP contribution >= 0.6 is 0 Å². The highest BCUT2D eigenvalue weighted by Gasteiger charge is 2.38. The van der Waals surface area contributed by atoms with Crippen LogP contribution in [0.15, 0.2) is 0 Å². The van der Waals surface area contributed by atoms with Crippen molar-refractivity contribution < 1.29 is 5.11 Å². The van der Waals surface area contributed by atoms with Gasteiger partial charge in [-0.1, -0.05) is 19.8 Å². The third kappa shape index (κ3) is 1.98. The normalized spacial score (nSPS) is 29.6. The third-order valence-electron chi connectivity index (χ3n) is 4.72. The zero-order valence-corrected chi connectivity index (χ0v) is 9.47. The quantitative estimate of drug-likeness (QED) is 0.716. The maximum absolute atomic E-state index is 9.81. The van der Waals surface area contributed by atoms with E-state index in [9.17, 15) is 5.11 Å². The topological polar surface area (TPSA) is 20.2 Å². The summed E-state index contributed by atoms with van der Waals surface area (Å²) in [6, 6.07) is 0. The summed E-state index contributed by atoms with van der Waals surface area (Å²) in [7, 11) is 0. The molecule has 2 saturated carbocycles. The van der Waals surface area contributed by atoms with E-state index in [1.54, 1.807) is 0 Å². The van der Waals surface area contributed by atoms with Crippen LogP contribution in [0, 0.1) is 11.3 Å². The standard InChI is InChI=1S/C13H24O/c1-2-12(14)11-5-9-13(10-6-11)7-3-4-8-13/h11-12,14H,2-10H2,1H3. The van der Waals surface area contributed by atoms with Crippen LogP contribution in [0.3, 0.4) is 0 Å². The summed E-state index contributed by atoms with van der Waals surface area (Å²) in [6.07, 6.45) is 12.2. The maximum Gasteiger partial charge on any atom is 0.0565 e. The van der Waals surface area contributed by atoms with Crippen molar-refractivity contribution in [3.8, 4) is 0 Å². The van der Waals surface area contributed by atoms with Crippen molar-refractivity contribution in [1.82, 2.24) is 0 Å². The second-order valence-corrected chi connectivity index (χ2v) is 5.52. The summed E-state index contributed by atoms with van der Waals surface area (Å²) in [6.45, 7) is 2.10. The van der Waals surface area contributed by atoms with Gasteiger partial charge < -0.3 is 5.11 Å². The van der Waals surface area contributed by atoms with E-state index in [-0.39, 0.29) is 6.10 Å². The summed E-state index contributed by atoms with van der Waals surface area (Å²) < 4.78 is 0. The first kappa shape index (κ1) is 10.5. The Morgan fingerprint density at radius 1 is 1.14 bits per heavy atom. The van der Waals surface area contributed by atoms with Gasteiger partial charge in [0.2, 0.25) is 0 Å². The summed E-state index contributed by atoms with van der Waals surface area (Å²) in [5.41, 5.74) is 0.726. The van der Waals surface area contributed by atoms with Crippen LogP contribution < -0.4 is 0 Å². The van der Waals surface area contributed by atoms with E-state index in [4.69, 9.17) is 0 Å². The fraction of sp³-hybridized carbons (Fsp3) is 1.00. The minimum absolute atomic E-state index is 0.0197. The molecule has 1 N–H and O–H groups in total. The molecule has 0 amide bonds. The van der Waals surface area contributed by atoms with Crippen LogP contribution in [0.4, 0.5) is 0 Å². The van der Waals surface area contributed by atoms with Gasteiger partial charge in [-0.2, -0.15) is 0 Å². The third-order valence-corrected chi connectivity index (χ3v) is 4.72. The predicted molar refractivity (Wildman–Crippen MR) is 59.2 cm³/mol. The molecular weight excluding hydrogens is 172 g/mol. The van der Waals surface area contributed by atoms with Crippen LogP contribution in [-0.4, -0.2) is 11.2 Å². The predicted octanol–water partition coefficient (Wildman–Crippen LogP) is 3.51. The lowest BCUT2D eigenvalue weighted by Gasteiger charge is -2.38. The summed E-state index contributed by atoms with van der Waals surface area (Å²) in [4.78, 5) is 0. The van der Waals surface area contributed by atoms with Gasteiger partial charge in [0.1, 0.15) is 0 Å². The van der Waals surface area contributed by atoms with Crippen molar-refractivity contribution in [3.05, 3.63) is 0 Å². The van der Waals surface area contributed by atoms with Gasteiger partial charge in [-0.3, -0.25) is 0 Å². The van der Waals surface area contributed by atoms with Gasteiger partial charge in [0.15, 0.2) is 0 Å². The number of rotatable bonds is 2. The lowest BCUT2D eigenvalue weighted by molar-refractivity contribution is 0.0460.